The number of nitrogens with one attached hydrogen (secondary N) is 1. The van der Waals surface area contributed by atoms with Gasteiger partial charge in [0.1, 0.15) is 5.75 Å². The smallest absolute Gasteiger partial charge is 0.222 e. The molecular formula is C10H11NO2S. The molecule has 0 aliphatic carbocycles. The first-order valence-electron chi connectivity index (χ1n) is 4.48. The largest absolute Gasteiger partial charge is 0.611 e. The fourth-order valence-corrected chi connectivity index (χ4v) is 2.60. The van der Waals surface area contributed by atoms with Gasteiger partial charge >= 0.3 is 0 Å². The van der Waals surface area contributed by atoms with Gasteiger partial charge in [0, 0.05) is 0 Å². The lowest BCUT2D eigenvalue weighted by atomic mass is 10.1. The Morgan fingerprint density at radius 3 is 2.64 bits per heavy atom. The van der Waals surface area contributed by atoms with Crippen molar-refractivity contribution < 1.29 is 9.35 Å². The van der Waals surface area contributed by atoms with Crippen molar-refractivity contribution in [1.29, 1.82) is 0 Å². The summed E-state index contributed by atoms with van der Waals surface area (Å²) in [6.07, 6.45) is 0.512. The number of rotatable bonds is 3. The number of carbonyl (C=O) groups excluding carboxylic acids is 1. The third-order valence-electron chi connectivity index (χ3n) is 2.16. The van der Waals surface area contributed by atoms with Crippen LogP contribution in [0.5, 0.6) is 0 Å². The summed E-state index contributed by atoms with van der Waals surface area (Å²) in [5.41, 5.74) is 0. The minimum Gasteiger partial charge on any atom is -0.611 e. The zero-order valence-corrected chi connectivity index (χ0v) is 8.42. The highest BCUT2D eigenvalue weighted by molar-refractivity contribution is 7.91. The van der Waals surface area contributed by atoms with Crippen LogP contribution in [0.2, 0.25) is 0 Å². The van der Waals surface area contributed by atoms with Gasteiger partial charge in [0.25, 0.3) is 0 Å². The molecule has 0 bridgehead atoms. The Morgan fingerprint density at radius 2 is 2.07 bits per heavy atom. The quantitative estimate of drug-likeness (QED) is 0.588. The van der Waals surface area contributed by atoms with Crippen molar-refractivity contribution in [3.8, 4) is 0 Å². The molecule has 0 spiro atoms. The number of carbonyl (C=O) groups is 1. The first kappa shape index (κ1) is 9.55. The minimum absolute atomic E-state index is 0.0556. The van der Waals surface area contributed by atoms with Crippen LogP contribution in [0.4, 0.5) is 0 Å². The van der Waals surface area contributed by atoms with E-state index in [1.165, 1.54) is 0 Å². The second-order valence-electron chi connectivity index (χ2n) is 3.29. The van der Waals surface area contributed by atoms with E-state index < -0.39 is 11.2 Å². The molecule has 1 heterocycles. The number of amides is 1. The number of β-lactam (4-membered cyclic amide) rings is 1. The number of hydrogen-bond donors (Lipinski definition) is 1. The zero-order valence-electron chi connectivity index (χ0n) is 7.60. The van der Waals surface area contributed by atoms with Crippen LogP contribution in [0.15, 0.2) is 35.2 Å². The summed E-state index contributed by atoms with van der Waals surface area (Å²) in [6, 6.07) is 9.42. The number of benzene rings is 1. The van der Waals surface area contributed by atoms with Crippen LogP contribution in [0.3, 0.4) is 0 Å². The van der Waals surface area contributed by atoms with Crippen molar-refractivity contribution in [2.45, 2.75) is 17.4 Å². The van der Waals surface area contributed by atoms with Gasteiger partial charge in [-0.1, -0.05) is 18.2 Å². The van der Waals surface area contributed by atoms with E-state index in [2.05, 4.69) is 5.32 Å². The first-order chi connectivity index (χ1) is 6.75. The Labute approximate surface area is 85.7 Å². The summed E-state index contributed by atoms with van der Waals surface area (Å²) in [5.74, 6) is 0.579. The zero-order chi connectivity index (χ0) is 9.97. The molecule has 2 rings (SSSR count). The average molecular weight is 209 g/mol. The molecule has 3 nitrogen and oxygen atoms in total. The molecule has 4 heteroatoms. The van der Waals surface area contributed by atoms with Gasteiger partial charge in [-0.2, -0.15) is 0 Å². The molecule has 1 N–H and O–H groups in total. The third-order valence-corrected chi connectivity index (χ3v) is 3.66. The maximum Gasteiger partial charge on any atom is 0.222 e. The molecule has 1 aromatic carbocycles. The van der Waals surface area contributed by atoms with Crippen molar-refractivity contribution >= 4 is 17.1 Å². The molecule has 74 valence electrons. The lowest BCUT2D eigenvalue weighted by Crippen LogP contribution is -2.51. The molecule has 0 aromatic heterocycles. The first-order valence-corrected chi connectivity index (χ1v) is 5.80. The lowest BCUT2D eigenvalue weighted by molar-refractivity contribution is -0.127. The summed E-state index contributed by atoms with van der Waals surface area (Å²) in [7, 11) is 0. The molecule has 1 fully saturated rings. The molecule has 1 amide bonds. The summed E-state index contributed by atoms with van der Waals surface area (Å²) >= 11 is -0.992. The highest BCUT2D eigenvalue weighted by Gasteiger charge is 2.30. The lowest BCUT2D eigenvalue weighted by Gasteiger charge is -2.26. The van der Waals surface area contributed by atoms with Gasteiger partial charge in [-0.05, 0) is 23.3 Å². The molecule has 1 unspecified atom stereocenters. The maximum atomic E-state index is 11.7. The number of hydrogen-bond acceptors (Lipinski definition) is 2. The van der Waals surface area contributed by atoms with Crippen molar-refractivity contribution in [3.63, 3.8) is 0 Å². The summed E-state index contributed by atoms with van der Waals surface area (Å²) in [5, 5.41) is 2.71. The second kappa shape index (κ2) is 4.02. The predicted octanol–water partition coefficient (Wildman–Crippen LogP) is 0.683. The van der Waals surface area contributed by atoms with E-state index in [0.29, 0.717) is 12.2 Å². The van der Waals surface area contributed by atoms with Crippen LogP contribution >= 0.6 is 0 Å². The van der Waals surface area contributed by atoms with E-state index >= 15 is 0 Å². The predicted molar refractivity (Wildman–Crippen MR) is 54.3 cm³/mol. The monoisotopic (exact) mass is 209 g/mol. The van der Waals surface area contributed by atoms with E-state index in [1.807, 2.05) is 30.3 Å². The average Bonchev–Trinajstić information content (AvgIpc) is 2.17. The highest BCUT2D eigenvalue weighted by atomic mass is 32.2. The molecule has 0 radical (unpaired) electrons. The summed E-state index contributed by atoms with van der Waals surface area (Å²) in [4.78, 5) is 11.4. The Kier molecular flexibility index (Phi) is 2.74. The van der Waals surface area contributed by atoms with E-state index in [9.17, 15) is 9.35 Å². The van der Waals surface area contributed by atoms with E-state index in [-0.39, 0.29) is 11.9 Å². The Bertz CT molecular complexity index is 320. The molecule has 1 aliphatic heterocycles. The van der Waals surface area contributed by atoms with Gasteiger partial charge in [0.15, 0.2) is 4.90 Å². The van der Waals surface area contributed by atoms with Crippen LogP contribution in [-0.4, -0.2) is 22.3 Å². The van der Waals surface area contributed by atoms with Gasteiger partial charge in [-0.3, -0.25) is 4.79 Å². The van der Waals surface area contributed by atoms with E-state index in [0.717, 1.165) is 4.90 Å². The standard InChI is InChI=1S/C10H11NO2S/c12-10-6-8(11-10)7-14(13)9-4-2-1-3-5-9/h1-5,8H,6-7H2,(H,11,12)/t8-,14?/m1/s1. The molecular weight excluding hydrogens is 198 g/mol. The van der Waals surface area contributed by atoms with Crippen LogP contribution in [0.1, 0.15) is 6.42 Å². The molecule has 1 saturated heterocycles. The molecule has 0 saturated carbocycles. The van der Waals surface area contributed by atoms with Gasteiger partial charge in [-0.15, -0.1) is 0 Å². The Hall–Kier alpha value is -1.00. The van der Waals surface area contributed by atoms with Crippen LogP contribution < -0.4 is 5.32 Å². The van der Waals surface area contributed by atoms with Gasteiger partial charge in [0.05, 0.1) is 12.5 Å². The maximum absolute atomic E-state index is 11.7. The van der Waals surface area contributed by atoms with E-state index in [1.54, 1.807) is 0 Å². The van der Waals surface area contributed by atoms with Crippen LogP contribution in [-0.2, 0) is 16.0 Å². The fraction of sp³-hybridized carbons (Fsp3) is 0.300. The SMILES string of the molecule is O=C1C[C@H](C[S+]([O-])c2ccccc2)N1. The fourth-order valence-electron chi connectivity index (χ4n) is 1.38. The van der Waals surface area contributed by atoms with Gasteiger partial charge < -0.3 is 9.87 Å². The topological polar surface area (TPSA) is 52.2 Å². The van der Waals surface area contributed by atoms with Gasteiger partial charge in [-0.25, -0.2) is 0 Å². The minimum atomic E-state index is -0.992. The Balaban J connectivity index is 1.90. The Morgan fingerprint density at radius 1 is 1.43 bits per heavy atom. The summed E-state index contributed by atoms with van der Waals surface area (Å²) < 4.78 is 11.7. The van der Waals surface area contributed by atoms with Crippen LogP contribution in [0, 0.1) is 0 Å². The normalized spacial score (nSPS) is 22.4. The van der Waals surface area contributed by atoms with Crippen molar-refractivity contribution in [2.24, 2.45) is 0 Å². The molecule has 2 atom stereocenters. The van der Waals surface area contributed by atoms with Crippen molar-refractivity contribution in [3.05, 3.63) is 30.3 Å². The summed E-state index contributed by atoms with van der Waals surface area (Å²) in [6.45, 7) is 0. The highest BCUT2D eigenvalue weighted by Crippen LogP contribution is 2.15. The van der Waals surface area contributed by atoms with Crippen molar-refractivity contribution in [1.82, 2.24) is 5.32 Å². The van der Waals surface area contributed by atoms with Crippen molar-refractivity contribution in [2.75, 3.05) is 5.75 Å². The molecule has 1 aromatic rings. The molecule has 14 heavy (non-hydrogen) atoms. The van der Waals surface area contributed by atoms with E-state index in [4.69, 9.17) is 0 Å². The molecule has 1 aliphatic rings. The second-order valence-corrected chi connectivity index (χ2v) is 4.79. The van der Waals surface area contributed by atoms with Crippen LogP contribution in [0.25, 0.3) is 0 Å². The third kappa shape index (κ3) is 2.08. The van der Waals surface area contributed by atoms with Gasteiger partial charge in [0.2, 0.25) is 5.91 Å².